The van der Waals surface area contributed by atoms with E-state index < -0.39 is 34.3 Å². The maximum atomic E-state index is 14.0. The third-order valence-corrected chi connectivity index (χ3v) is 8.87. The topological polar surface area (TPSA) is 86.8 Å². The Morgan fingerprint density at radius 3 is 2.25 bits per heavy atom. The average Bonchev–Trinajstić information content (AvgIpc) is 2.95. The van der Waals surface area contributed by atoms with E-state index in [0.29, 0.717) is 12.1 Å². The molecular weight excluding hydrogens is 576 g/mol. The van der Waals surface area contributed by atoms with Crippen molar-refractivity contribution in [3.63, 3.8) is 0 Å². The highest BCUT2D eigenvalue weighted by Gasteiger charge is 2.34. The molecule has 1 atom stereocenters. The van der Waals surface area contributed by atoms with Gasteiger partial charge < -0.3 is 10.2 Å². The fraction of sp³-hybridized carbons (Fsp3) is 0.310. The zero-order chi connectivity index (χ0) is 29.3. The van der Waals surface area contributed by atoms with Crippen LogP contribution in [0.3, 0.4) is 0 Å². The van der Waals surface area contributed by atoms with Gasteiger partial charge >= 0.3 is 0 Å². The monoisotopic (exact) mass is 607 g/mol. The summed E-state index contributed by atoms with van der Waals surface area (Å²) in [5.74, 6) is -1.44. The first-order valence-corrected chi connectivity index (χ1v) is 15.1. The van der Waals surface area contributed by atoms with Crippen molar-refractivity contribution in [2.45, 2.75) is 50.6 Å². The number of sulfonamides is 1. The van der Waals surface area contributed by atoms with Crippen LogP contribution in [0, 0.1) is 5.82 Å². The van der Waals surface area contributed by atoms with Gasteiger partial charge in [-0.05, 0) is 54.8 Å². The third kappa shape index (κ3) is 7.74. The molecule has 0 saturated heterocycles. The Bertz CT molecular complexity index is 1410. The van der Waals surface area contributed by atoms with E-state index in [0.717, 1.165) is 17.1 Å². The summed E-state index contributed by atoms with van der Waals surface area (Å²) in [5, 5.41) is 2.94. The average molecular weight is 609 g/mol. The van der Waals surface area contributed by atoms with Crippen LogP contribution in [-0.2, 0) is 26.2 Å². The molecule has 0 saturated carbocycles. The fourth-order valence-corrected chi connectivity index (χ4v) is 6.02. The van der Waals surface area contributed by atoms with Crippen LogP contribution in [0.1, 0.15) is 38.7 Å². The molecule has 11 heteroatoms. The van der Waals surface area contributed by atoms with Crippen LogP contribution >= 0.6 is 23.2 Å². The molecule has 0 bridgehead atoms. The summed E-state index contributed by atoms with van der Waals surface area (Å²) in [4.78, 5) is 28.4. The number of carbonyl (C=O) groups is 2. The highest BCUT2D eigenvalue weighted by Crippen LogP contribution is 2.35. The molecule has 3 aromatic rings. The van der Waals surface area contributed by atoms with Gasteiger partial charge in [0.15, 0.2) is 0 Å². The van der Waals surface area contributed by atoms with Crippen LogP contribution in [0.25, 0.3) is 0 Å². The zero-order valence-corrected chi connectivity index (χ0v) is 24.6. The molecule has 40 heavy (non-hydrogen) atoms. The van der Waals surface area contributed by atoms with Crippen molar-refractivity contribution in [3.05, 3.63) is 94.2 Å². The van der Waals surface area contributed by atoms with Crippen molar-refractivity contribution in [1.29, 1.82) is 0 Å². The number of rotatable bonds is 13. The lowest BCUT2D eigenvalue weighted by Crippen LogP contribution is -2.52. The van der Waals surface area contributed by atoms with Gasteiger partial charge in [-0.1, -0.05) is 79.9 Å². The molecule has 0 radical (unpaired) electrons. The Morgan fingerprint density at radius 2 is 1.62 bits per heavy atom. The third-order valence-electron chi connectivity index (χ3n) is 6.29. The molecule has 1 N–H and O–H groups in total. The molecule has 2 amide bonds. The van der Waals surface area contributed by atoms with Gasteiger partial charge in [-0.2, -0.15) is 0 Å². The van der Waals surface area contributed by atoms with Gasteiger partial charge in [0.2, 0.25) is 11.8 Å². The van der Waals surface area contributed by atoms with Crippen molar-refractivity contribution >= 4 is 50.7 Å². The normalized spacial score (nSPS) is 12.0. The first-order chi connectivity index (χ1) is 19.1. The smallest absolute Gasteiger partial charge is 0.264 e. The molecule has 0 unspecified atom stereocenters. The van der Waals surface area contributed by atoms with Gasteiger partial charge in [0.1, 0.15) is 18.4 Å². The van der Waals surface area contributed by atoms with E-state index in [2.05, 4.69) is 5.32 Å². The van der Waals surface area contributed by atoms with Crippen LogP contribution in [0.5, 0.6) is 0 Å². The molecule has 0 aliphatic rings. The second-order valence-electron chi connectivity index (χ2n) is 9.11. The number of halogens is 3. The number of unbranched alkanes of at least 4 members (excludes halogenated alkanes) is 1. The molecule has 0 spiro atoms. The molecule has 0 heterocycles. The van der Waals surface area contributed by atoms with Gasteiger partial charge in [0.05, 0.1) is 20.6 Å². The quantitative estimate of drug-likeness (QED) is 0.240. The summed E-state index contributed by atoms with van der Waals surface area (Å²) >= 11 is 12.7. The maximum absolute atomic E-state index is 14.0. The maximum Gasteiger partial charge on any atom is 0.264 e. The molecule has 7 nitrogen and oxygen atoms in total. The van der Waals surface area contributed by atoms with Crippen LogP contribution in [0.2, 0.25) is 10.0 Å². The lowest BCUT2D eigenvalue weighted by atomic mass is 10.1. The molecule has 214 valence electrons. The van der Waals surface area contributed by atoms with Gasteiger partial charge in [-0.15, -0.1) is 0 Å². The molecule has 3 aromatic carbocycles. The van der Waals surface area contributed by atoms with Gasteiger partial charge in [0.25, 0.3) is 10.0 Å². The summed E-state index contributed by atoms with van der Waals surface area (Å²) in [7, 11) is -4.28. The van der Waals surface area contributed by atoms with E-state index in [9.17, 15) is 22.4 Å². The molecular formula is C29H32Cl2FN3O4S. The summed E-state index contributed by atoms with van der Waals surface area (Å²) in [5.41, 5.74) is 0.598. The van der Waals surface area contributed by atoms with Gasteiger partial charge in [0, 0.05) is 13.1 Å². The molecule has 0 aromatic heterocycles. The van der Waals surface area contributed by atoms with Crippen LogP contribution < -0.4 is 9.62 Å². The lowest BCUT2D eigenvalue weighted by molar-refractivity contribution is -0.140. The Hall–Kier alpha value is -3.14. The van der Waals surface area contributed by atoms with Gasteiger partial charge in [-0.25, -0.2) is 12.8 Å². The van der Waals surface area contributed by atoms with E-state index in [1.165, 1.54) is 59.5 Å². The standard InChI is InChI=1S/C29H32Cl2FN3O4S/c1-3-5-18-33-29(37)25(4-2)34(19-21-14-16-22(32)17-15-21)27(36)20-35(26-13-9-12-24(30)28(26)31)40(38,39)23-10-7-6-8-11-23/h6-17,25H,3-5,18-20H2,1-2H3,(H,33,37)/t25-/m1/s1. The number of hydrogen-bond acceptors (Lipinski definition) is 4. The lowest BCUT2D eigenvalue weighted by Gasteiger charge is -2.33. The van der Waals surface area contributed by atoms with Crippen molar-refractivity contribution in [2.75, 3.05) is 17.4 Å². The number of anilines is 1. The molecule has 0 fully saturated rings. The van der Waals surface area contributed by atoms with E-state index in [1.807, 2.05) is 6.92 Å². The predicted molar refractivity (Wildman–Crippen MR) is 156 cm³/mol. The Morgan fingerprint density at radius 1 is 0.950 bits per heavy atom. The van der Waals surface area contributed by atoms with Gasteiger partial charge in [-0.3, -0.25) is 13.9 Å². The SMILES string of the molecule is CCCCNC(=O)[C@@H](CC)N(Cc1ccc(F)cc1)C(=O)CN(c1cccc(Cl)c1Cl)S(=O)(=O)c1ccccc1. The Kier molecular flexibility index (Phi) is 11.4. The summed E-state index contributed by atoms with van der Waals surface area (Å²) in [6, 6.07) is 16.8. The summed E-state index contributed by atoms with van der Waals surface area (Å²) < 4.78 is 42.2. The number of carbonyl (C=O) groups excluding carboxylic acids is 2. The second-order valence-corrected chi connectivity index (χ2v) is 11.8. The zero-order valence-electron chi connectivity index (χ0n) is 22.3. The van der Waals surface area contributed by atoms with Crippen molar-refractivity contribution in [3.8, 4) is 0 Å². The van der Waals surface area contributed by atoms with E-state index >= 15 is 0 Å². The minimum atomic E-state index is -4.28. The fourth-order valence-electron chi connectivity index (χ4n) is 4.13. The van der Waals surface area contributed by atoms with E-state index in [-0.39, 0.29) is 39.5 Å². The highest BCUT2D eigenvalue weighted by atomic mass is 35.5. The summed E-state index contributed by atoms with van der Waals surface area (Å²) in [6.07, 6.45) is 1.92. The Balaban J connectivity index is 2.06. The number of hydrogen-bond donors (Lipinski definition) is 1. The first-order valence-electron chi connectivity index (χ1n) is 12.9. The van der Waals surface area contributed by atoms with Crippen molar-refractivity contribution in [2.24, 2.45) is 0 Å². The van der Waals surface area contributed by atoms with Crippen molar-refractivity contribution in [1.82, 2.24) is 10.2 Å². The number of nitrogens with zero attached hydrogens (tertiary/aromatic N) is 2. The molecule has 3 rings (SSSR count). The second kappa shape index (κ2) is 14.5. The Labute approximate surface area is 244 Å². The predicted octanol–water partition coefficient (Wildman–Crippen LogP) is 6.05. The molecule has 0 aliphatic heterocycles. The highest BCUT2D eigenvalue weighted by molar-refractivity contribution is 7.92. The van der Waals surface area contributed by atoms with E-state index in [4.69, 9.17) is 23.2 Å². The van der Waals surface area contributed by atoms with Crippen LogP contribution in [0.4, 0.5) is 10.1 Å². The minimum Gasteiger partial charge on any atom is -0.354 e. The largest absolute Gasteiger partial charge is 0.354 e. The van der Waals surface area contributed by atoms with Crippen LogP contribution in [0.15, 0.2) is 77.7 Å². The summed E-state index contributed by atoms with van der Waals surface area (Å²) in [6.45, 7) is 3.51. The van der Waals surface area contributed by atoms with Crippen LogP contribution in [-0.4, -0.2) is 44.3 Å². The number of nitrogens with one attached hydrogen (secondary N) is 1. The number of benzene rings is 3. The number of amides is 2. The van der Waals surface area contributed by atoms with Crippen molar-refractivity contribution < 1.29 is 22.4 Å². The first kappa shape index (κ1) is 31.4. The minimum absolute atomic E-state index is 0.0218. The van der Waals surface area contributed by atoms with E-state index in [1.54, 1.807) is 25.1 Å². The molecule has 0 aliphatic carbocycles.